The van der Waals surface area contributed by atoms with Crippen LogP contribution < -0.4 is 11.1 Å². The molecule has 0 aliphatic rings. The largest absolute Gasteiger partial charge is 0.368 e. The Labute approximate surface area is 154 Å². The zero-order chi connectivity index (χ0) is 17.8. The maximum Gasteiger partial charge on any atom is 0.235 e. The minimum Gasteiger partial charge on any atom is -0.368 e. The van der Waals surface area contributed by atoms with Crippen LogP contribution in [0.2, 0.25) is 0 Å². The van der Waals surface area contributed by atoms with Gasteiger partial charge in [0.05, 0.1) is 0 Å². The van der Waals surface area contributed by atoms with Crippen molar-refractivity contribution in [1.29, 1.82) is 0 Å². The highest BCUT2D eigenvalue weighted by molar-refractivity contribution is 8.01. The summed E-state index contributed by atoms with van der Waals surface area (Å²) < 4.78 is 0.695. The van der Waals surface area contributed by atoms with Crippen molar-refractivity contribution in [3.63, 3.8) is 0 Å². The molecule has 1 atom stereocenters. The number of hydrogen-bond donors (Lipinski definition) is 2. The van der Waals surface area contributed by atoms with Gasteiger partial charge in [-0.3, -0.25) is 4.79 Å². The molecule has 0 aliphatic heterocycles. The lowest BCUT2D eigenvalue weighted by molar-refractivity contribution is -0.117. The third kappa shape index (κ3) is 4.18. The molecule has 0 aliphatic carbocycles. The highest BCUT2D eigenvalue weighted by atomic mass is 32.2. The number of rotatable bonds is 6. The van der Waals surface area contributed by atoms with Crippen LogP contribution in [0.3, 0.4) is 0 Å². The van der Waals surface area contributed by atoms with E-state index in [-0.39, 0.29) is 0 Å². The van der Waals surface area contributed by atoms with Gasteiger partial charge in [-0.2, -0.15) is 0 Å². The molecule has 128 valence electrons. The number of carbonyl (C=O) groups excluding carboxylic acids is 1. The van der Waals surface area contributed by atoms with Crippen LogP contribution in [-0.2, 0) is 4.79 Å². The van der Waals surface area contributed by atoms with Gasteiger partial charge in [-0.25, -0.2) is 0 Å². The van der Waals surface area contributed by atoms with E-state index in [1.807, 2.05) is 42.5 Å². The Kier molecular flexibility index (Phi) is 5.35. The zero-order valence-electron chi connectivity index (χ0n) is 13.9. The fourth-order valence-electron chi connectivity index (χ4n) is 2.33. The molecule has 0 unspecified atom stereocenters. The van der Waals surface area contributed by atoms with Gasteiger partial charge in [-0.15, -0.1) is 10.2 Å². The first-order valence-electron chi connectivity index (χ1n) is 7.72. The maximum atomic E-state index is 11.8. The van der Waals surface area contributed by atoms with Gasteiger partial charge in [0.25, 0.3) is 0 Å². The van der Waals surface area contributed by atoms with Crippen molar-refractivity contribution in [1.82, 2.24) is 10.2 Å². The first-order valence-corrected chi connectivity index (χ1v) is 9.42. The Morgan fingerprint density at radius 3 is 2.60 bits per heavy atom. The van der Waals surface area contributed by atoms with Crippen LogP contribution in [0.5, 0.6) is 0 Å². The lowest BCUT2D eigenvalue weighted by atomic mass is 10.1. The summed E-state index contributed by atoms with van der Waals surface area (Å²) in [6.07, 6.45) is 0. The summed E-state index contributed by atoms with van der Waals surface area (Å²) in [6, 6.07) is 15.5. The van der Waals surface area contributed by atoms with Gasteiger partial charge in [-0.1, -0.05) is 65.6 Å². The normalized spacial score (nSPS) is 11.9. The first kappa shape index (κ1) is 17.4. The number of anilines is 2. The van der Waals surface area contributed by atoms with E-state index in [1.54, 1.807) is 0 Å². The summed E-state index contributed by atoms with van der Waals surface area (Å²) in [6.45, 7) is 4.13. The van der Waals surface area contributed by atoms with Crippen molar-refractivity contribution < 1.29 is 4.79 Å². The lowest BCUT2D eigenvalue weighted by Gasteiger charge is -2.11. The van der Waals surface area contributed by atoms with E-state index in [2.05, 4.69) is 35.4 Å². The number of amides is 1. The molecule has 7 heteroatoms. The Bertz CT molecular complexity index is 880. The van der Waals surface area contributed by atoms with E-state index in [0.29, 0.717) is 9.47 Å². The Hall–Kier alpha value is -2.38. The number of nitrogens with two attached hydrogens (primary N) is 1. The van der Waals surface area contributed by atoms with Crippen molar-refractivity contribution >= 4 is 39.8 Å². The molecule has 0 saturated heterocycles. The molecule has 3 aromatic rings. The van der Waals surface area contributed by atoms with E-state index in [1.165, 1.54) is 34.2 Å². The van der Waals surface area contributed by atoms with Crippen molar-refractivity contribution in [3.05, 3.63) is 65.2 Å². The highest BCUT2D eigenvalue weighted by Crippen LogP contribution is 2.38. The zero-order valence-corrected chi connectivity index (χ0v) is 15.5. The number of benzene rings is 2. The van der Waals surface area contributed by atoms with Gasteiger partial charge >= 0.3 is 0 Å². The average molecular weight is 371 g/mol. The van der Waals surface area contributed by atoms with E-state index in [4.69, 9.17) is 5.73 Å². The van der Waals surface area contributed by atoms with E-state index < -0.39 is 11.2 Å². The van der Waals surface area contributed by atoms with Gasteiger partial charge in [-0.05, 0) is 36.6 Å². The Morgan fingerprint density at radius 1 is 1.12 bits per heavy atom. The van der Waals surface area contributed by atoms with E-state index >= 15 is 0 Å². The number of thioether (sulfide) groups is 1. The molecule has 0 saturated carbocycles. The Morgan fingerprint density at radius 2 is 1.88 bits per heavy atom. The quantitative estimate of drug-likeness (QED) is 0.635. The van der Waals surface area contributed by atoms with Crippen LogP contribution in [0.4, 0.5) is 10.8 Å². The number of hydrogen-bond acceptors (Lipinski definition) is 6. The van der Waals surface area contributed by atoms with Crippen molar-refractivity contribution in [2.24, 2.45) is 5.73 Å². The molecule has 1 amide bonds. The molecule has 2 aromatic carbocycles. The molecule has 25 heavy (non-hydrogen) atoms. The summed E-state index contributed by atoms with van der Waals surface area (Å²) in [5.41, 5.74) is 9.81. The van der Waals surface area contributed by atoms with Crippen LogP contribution in [0.1, 0.15) is 21.9 Å². The topological polar surface area (TPSA) is 80.9 Å². The minimum absolute atomic E-state index is 0.393. The van der Waals surface area contributed by atoms with Crippen LogP contribution in [0.25, 0.3) is 0 Å². The SMILES string of the molecule is Cc1cccc(Nc2nnc(S[C@H](C(N)=O)c3ccccc3)s2)c1C. The lowest BCUT2D eigenvalue weighted by Crippen LogP contribution is -2.18. The summed E-state index contributed by atoms with van der Waals surface area (Å²) in [5.74, 6) is -0.393. The molecule has 1 heterocycles. The number of carbonyl (C=O) groups is 1. The molecule has 0 radical (unpaired) electrons. The summed E-state index contributed by atoms with van der Waals surface area (Å²) >= 11 is 2.72. The third-order valence-corrected chi connectivity index (χ3v) is 6.03. The molecule has 3 N–H and O–H groups in total. The van der Waals surface area contributed by atoms with Crippen LogP contribution in [-0.4, -0.2) is 16.1 Å². The molecule has 3 rings (SSSR count). The third-order valence-electron chi connectivity index (χ3n) is 3.83. The van der Waals surface area contributed by atoms with Gasteiger partial charge < -0.3 is 11.1 Å². The molecule has 0 fully saturated rings. The monoisotopic (exact) mass is 370 g/mol. The van der Waals surface area contributed by atoms with Crippen molar-refractivity contribution in [2.75, 3.05) is 5.32 Å². The fourth-order valence-corrected chi connectivity index (χ4v) is 4.24. The first-order chi connectivity index (χ1) is 12.0. The smallest absolute Gasteiger partial charge is 0.235 e. The minimum atomic E-state index is -0.484. The van der Waals surface area contributed by atoms with Gasteiger partial charge in [0.2, 0.25) is 11.0 Å². The molecule has 5 nitrogen and oxygen atoms in total. The molecule has 0 spiro atoms. The Balaban J connectivity index is 1.77. The van der Waals surface area contributed by atoms with Crippen LogP contribution in [0, 0.1) is 13.8 Å². The highest BCUT2D eigenvalue weighted by Gasteiger charge is 2.21. The second kappa shape index (κ2) is 7.67. The number of nitrogens with zero attached hydrogens (tertiary/aromatic N) is 2. The summed E-state index contributed by atoms with van der Waals surface area (Å²) in [7, 11) is 0. The number of aromatic nitrogens is 2. The van der Waals surface area contributed by atoms with Crippen LogP contribution in [0.15, 0.2) is 52.9 Å². The predicted octanol–water partition coefficient (Wildman–Crippen LogP) is 4.22. The summed E-state index contributed by atoms with van der Waals surface area (Å²) in [4.78, 5) is 11.8. The van der Waals surface area contributed by atoms with Crippen molar-refractivity contribution in [3.8, 4) is 0 Å². The van der Waals surface area contributed by atoms with E-state index in [9.17, 15) is 4.79 Å². The van der Waals surface area contributed by atoms with Crippen LogP contribution >= 0.6 is 23.1 Å². The second-order valence-corrected chi connectivity index (χ2v) is 7.89. The second-order valence-electron chi connectivity index (χ2n) is 5.56. The summed E-state index contributed by atoms with van der Waals surface area (Å²) in [5, 5.41) is 11.8. The maximum absolute atomic E-state index is 11.8. The molecular formula is C18H18N4OS2. The van der Waals surface area contributed by atoms with Gasteiger partial charge in [0.15, 0.2) is 4.34 Å². The number of primary amides is 1. The molecular weight excluding hydrogens is 352 g/mol. The molecule has 0 bridgehead atoms. The average Bonchev–Trinajstić information content (AvgIpc) is 3.04. The predicted molar refractivity (Wildman–Crippen MR) is 103 cm³/mol. The standard InChI is InChI=1S/C18H18N4OS2/c1-11-7-6-10-14(12(11)2)20-17-21-22-18(25-17)24-15(16(19)23)13-8-4-3-5-9-13/h3-10,15H,1-2H3,(H2,19,23)(H,20,21)/t15-/m0/s1. The van der Waals surface area contributed by atoms with Gasteiger partial charge in [0, 0.05) is 5.69 Å². The molecule has 1 aromatic heterocycles. The number of aryl methyl sites for hydroxylation is 1. The van der Waals surface area contributed by atoms with Gasteiger partial charge in [0.1, 0.15) is 5.25 Å². The fraction of sp³-hybridized carbons (Fsp3) is 0.167. The van der Waals surface area contributed by atoms with E-state index in [0.717, 1.165) is 11.3 Å². The number of nitrogens with one attached hydrogen (secondary N) is 1. The van der Waals surface area contributed by atoms with Crippen molar-refractivity contribution in [2.45, 2.75) is 23.4 Å².